The van der Waals surface area contributed by atoms with Gasteiger partial charge in [0.2, 0.25) is 5.95 Å². The molecular formula is C25H30ClN5. The molecule has 1 aliphatic heterocycles. The number of aromatic nitrogens is 2. The van der Waals surface area contributed by atoms with Gasteiger partial charge in [0.1, 0.15) is 5.82 Å². The summed E-state index contributed by atoms with van der Waals surface area (Å²) in [6, 6.07) is 17.1. The number of para-hydroxylation sites is 1. The average molecular weight is 436 g/mol. The number of hydrogen-bond donors (Lipinski definition) is 1. The van der Waals surface area contributed by atoms with Crippen LogP contribution in [0.25, 0.3) is 10.9 Å². The molecule has 1 saturated heterocycles. The van der Waals surface area contributed by atoms with Gasteiger partial charge < -0.3 is 10.2 Å². The highest BCUT2D eigenvalue weighted by atomic mass is 35.5. The Morgan fingerprint density at radius 1 is 0.871 bits per heavy atom. The van der Waals surface area contributed by atoms with E-state index in [4.69, 9.17) is 21.6 Å². The number of anilines is 2. The lowest BCUT2D eigenvalue weighted by atomic mass is 9.95. The van der Waals surface area contributed by atoms with Crippen molar-refractivity contribution < 1.29 is 0 Å². The maximum absolute atomic E-state index is 6.02. The molecule has 1 aromatic heterocycles. The Kier molecular flexibility index (Phi) is 6.23. The van der Waals surface area contributed by atoms with Crippen LogP contribution in [0.3, 0.4) is 0 Å². The van der Waals surface area contributed by atoms with Crippen LogP contribution in [0.2, 0.25) is 5.02 Å². The second-order valence-electron chi connectivity index (χ2n) is 8.76. The van der Waals surface area contributed by atoms with E-state index in [1.54, 1.807) is 0 Å². The van der Waals surface area contributed by atoms with Crippen LogP contribution in [0.15, 0.2) is 48.5 Å². The second kappa shape index (κ2) is 9.41. The number of nitrogens with zero attached hydrogens (tertiary/aromatic N) is 4. The molecule has 1 aliphatic carbocycles. The van der Waals surface area contributed by atoms with Gasteiger partial charge in [0.05, 0.1) is 5.52 Å². The van der Waals surface area contributed by atoms with Gasteiger partial charge in [0.25, 0.3) is 0 Å². The van der Waals surface area contributed by atoms with Crippen molar-refractivity contribution in [3.8, 4) is 0 Å². The van der Waals surface area contributed by atoms with Crippen LogP contribution in [-0.4, -0.2) is 47.1 Å². The highest BCUT2D eigenvalue weighted by Crippen LogP contribution is 2.28. The lowest BCUT2D eigenvalue weighted by molar-refractivity contribution is 0.249. The lowest BCUT2D eigenvalue weighted by Gasteiger charge is -2.35. The minimum Gasteiger partial charge on any atom is -0.367 e. The summed E-state index contributed by atoms with van der Waals surface area (Å²) in [6.07, 6.45) is 6.44. The van der Waals surface area contributed by atoms with Crippen LogP contribution in [0.5, 0.6) is 0 Å². The Labute approximate surface area is 189 Å². The van der Waals surface area contributed by atoms with E-state index in [9.17, 15) is 0 Å². The summed E-state index contributed by atoms with van der Waals surface area (Å²) in [4.78, 5) is 14.7. The van der Waals surface area contributed by atoms with Gasteiger partial charge in [-0.2, -0.15) is 4.98 Å². The third-order valence-corrected chi connectivity index (χ3v) is 6.76. The van der Waals surface area contributed by atoms with E-state index in [1.807, 2.05) is 12.1 Å². The van der Waals surface area contributed by atoms with Crippen molar-refractivity contribution in [3.05, 3.63) is 59.1 Å². The zero-order valence-corrected chi connectivity index (χ0v) is 18.7. The van der Waals surface area contributed by atoms with E-state index in [2.05, 4.69) is 51.5 Å². The molecule has 2 aliphatic rings. The molecule has 2 fully saturated rings. The maximum atomic E-state index is 6.02. The third-order valence-electron chi connectivity index (χ3n) is 6.51. The largest absolute Gasteiger partial charge is 0.367 e. The molecule has 3 aromatic rings. The van der Waals surface area contributed by atoms with Gasteiger partial charge in [0.15, 0.2) is 0 Å². The zero-order valence-electron chi connectivity index (χ0n) is 17.9. The van der Waals surface area contributed by atoms with Crippen LogP contribution in [0.1, 0.15) is 37.7 Å². The van der Waals surface area contributed by atoms with Crippen molar-refractivity contribution in [1.82, 2.24) is 14.9 Å². The van der Waals surface area contributed by atoms with Crippen molar-refractivity contribution in [2.75, 3.05) is 36.4 Å². The Bertz CT molecular complexity index is 1010. The fourth-order valence-electron chi connectivity index (χ4n) is 4.71. The summed E-state index contributed by atoms with van der Waals surface area (Å²) in [6.45, 7) is 4.84. The number of hydrogen-bond acceptors (Lipinski definition) is 5. The van der Waals surface area contributed by atoms with Crippen LogP contribution in [0.4, 0.5) is 11.8 Å². The van der Waals surface area contributed by atoms with Gasteiger partial charge in [-0.25, -0.2) is 4.98 Å². The summed E-state index contributed by atoms with van der Waals surface area (Å²) in [5, 5.41) is 5.67. The first-order valence-corrected chi connectivity index (χ1v) is 11.9. The lowest BCUT2D eigenvalue weighted by Crippen LogP contribution is -2.46. The molecule has 0 radical (unpaired) electrons. The highest BCUT2D eigenvalue weighted by Gasteiger charge is 2.22. The molecule has 5 rings (SSSR count). The quantitative estimate of drug-likeness (QED) is 0.585. The van der Waals surface area contributed by atoms with Crippen LogP contribution >= 0.6 is 11.6 Å². The maximum Gasteiger partial charge on any atom is 0.227 e. The Morgan fingerprint density at radius 3 is 2.39 bits per heavy atom. The number of halogens is 1. The van der Waals surface area contributed by atoms with Crippen molar-refractivity contribution in [2.45, 2.75) is 44.7 Å². The minimum absolute atomic E-state index is 0.524. The summed E-state index contributed by atoms with van der Waals surface area (Å²) >= 11 is 6.02. The number of benzene rings is 2. The normalized spacial score (nSPS) is 18.4. The molecule has 0 bridgehead atoms. The van der Waals surface area contributed by atoms with Crippen molar-refractivity contribution in [1.29, 1.82) is 0 Å². The molecule has 1 N–H and O–H groups in total. The predicted octanol–water partition coefficient (Wildman–Crippen LogP) is 5.35. The zero-order chi connectivity index (χ0) is 21.0. The van der Waals surface area contributed by atoms with Gasteiger partial charge in [-0.15, -0.1) is 0 Å². The molecule has 162 valence electrons. The van der Waals surface area contributed by atoms with Crippen molar-refractivity contribution in [3.63, 3.8) is 0 Å². The molecule has 0 unspecified atom stereocenters. The monoisotopic (exact) mass is 435 g/mol. The number of fused-ring (bicyclic) bond motifs is 1. The molecule has 6 heteroatoms. The van der Waals surface area contributed by atoms with Crippen LogP contribution in [0, 0.1) is 0 Å². The Balaban J connectivity index is 1.30. The molecule has 31 heavy (non-hydrogen) atoms. The fourth-order valence-corrected chi connectivity index (χ4v) is 4.84. The molecule has 0 spiro atoms. The summed E-state index contributed by atoms with van der Waals surface area (Å²) in [5.41, 5.74) is 2.33. The minimum atomic E-state index is 0.524. The molecule has 0 amide bonds. The molecule has 5 nitrogen and oxygen atoms in total. The van der Waals surface area contributed by atoms with E-state index < -0.39 is 0 Å². The van der Waals surface area contributed by atoms with Gasteiger partial charge in [0, 0.05) is 49.2 Å². The third kappa shape index (κ3) is 4.94. The highest BCUT2D eigenvalue weighted by molar-refractivity contribution is 6.30. The van der Waals surface area contributed by atoms with Gasteiger partial charge in [-0.1, -0.05) is 55.1 Å². The smallest absolute Gasteiger partial charge is 0.227 e. The summed E-state index contributed by atoms with van der Waals surface area (Å²) < 4.78 is 0. The molecule has 0 atom stereocenters. The molecular weight excluding hydrogens is 406 g/mol. The summed E-state index contributed by atoms with van der Waals surface area (Å²) in [7, 11) is 0. The van der Waals surface area contributed by atoms with Crippen molar-refractivity contribution in [2.24, 2.45) is 0 Å². The standard InChI is InChI=1S/C25H30ClN5/c26-20-12-10-19(11-13-20)18-30-14-16-31(17-15-30)25-28-23-9-5-4-8-22(23)24(29-25)27-21-6-2-1-3-7-21/h4-5,8-13,21H,1-3,6-7,14-18H2,(H,27,28,29). The molecule has 2 aromatic carbocycles. The molecule has 2 heterocycles. The first-order valence-electron chi connectivity index (χ1n) is 11.5. The number of nitrogens with one attached hydrogen (secondary N) is 1. The van der Waals surface area contributed by atoms with E-state index >= 15 is 0 Å². The Morgan fingerprint density at radius 2 is 1.61 bits per heavy atom. The van der Waals surface area contributed by atoms with Gasteiger partial charge in [-0.05, 0) is 42.7 Å². The fraction of sp³-hybridized carbons (Fsp3) is 0.440. The SMILES string of the molecule is Clc1ccc(CN2CCN(c3nc(NC4CCCCC4)c4ccccc4n3)CC2)cc1. The first kappa shape index (κ1) is 20.5. The number of rotatable bonds is 5. The second-order valence-corrected chi connectivity index (χ2v) is 9.19. The topological polar surface area (TPSA) is 44.3 Å². The van der Waals surface area contributed by atoms with E-state index in [-0.39, 0.29) is 0 Å². The van der Waals surface area contributed by atoms with Gasteiger partial charge >= 0.3 is 0 Å². The Hall–Kier alpha value is -2.37. The van der Waals surface area contributed by atoms with E-state index in [1.165, 1.54) is 37.7 Å². The average Bonchev–Trinajstić information content (AvgIpc) is 2.82. The van der Waals surface area contributed by atoms with E-state index in [0.717, 1.165) is 60.4 Å². The predicted molar refractivity (Wildman–Crippen MR) is 129 cm³/mol. The van der Waals surface area contributed by atoms with Crippen molar-refractivity contribution >= 4 is 34.3 Å². The summed E-state index contributed by atoms with van der Waals surface area (Å²) in [5.74, 6) is 1.85. The molecule has 1 saturated carbocycles. The van der Waals surface area contributed by atoms with Gasteiger partial charge in [-0.3, -0.25) is 4.90 Å². The first-order chi connectivity index (χ1) is 15.2. The van der Waals surface area contributed by atoms with Crippen LogP contribution in [-0.2, 0) is 6.54 Å². The number of piperazine rings is 1. The van der Waals surface area contributed by atoms with Crippen LogP contribution < -0.4 is 10.2 Å². The van der Waals surface area contributed by atoms with E-state index in [0.29, 0.717) is 6.04 Å².